The highest BCUT2D eigenvalue weighted by Crippen LogP contribution is 2.17. The van der Waals surface area contributed by atoms with Crippen LogP contribution < -0.4 is 20.9 Å². The Morgan fingerprint density at radius 2 is 1.70 bits per heavy atom. The van der Waals surface area contributed by atoms with Crippen LogP contribution in [0.2, 0.25) is 0 Å². The molecule has 3 N–H and O–H groups in total. The summed E-state index contributed by atoms with van der Waals surface area (Å²) in [5.74, 6) is 0.176. The number of hydrogen-bond donors (Lipinski definition) is 3. The van der Waals surface area contributed by atoms with Crippen molar-refractivity contribution < 1.29 is 14.0 Å². The number of halogens is 1. The summed E-state index contributed by atoms with van der Waals surface area (Å²) in [7, 11) is 1.62. The number of guanidine groups is 1. The molecule has 0 aromatic heterocycles. The molecule has 1 aliphatic rings. The highest BCUT2D eigenvalue weighted by molar-refractivity contribution is 5.87. The quantitative estimate of drug-likeness (QED) is 0.471. The Kier molecular flexibility index (Phi) is 8.44. The van der Waals surface area contributed by atoms with Gasteiger partial charge in [-0.25, -0.2) is 4.39 Å². The van der Waals surface area contributed by atoms with Crippen molar-refractivity contribution in [2.45, 2.75) is 32.7 Å². The summed E-state index contributed by atoms with van der Waals surface area (Å²) >= 11 is 0. The molecule has 2 rings (SSSR count). The van der Waals surface area contributed by atoms with Crippen LogP contribution in [-0.4, -0.2) is 74.5 Å². The lowest BCUT2D eigenvalue weighted by atomic mass is 10.1. The predicted octanol–water partition coefficient (Wildman–Crippen LogP) is 0.944. The monoisotopic (exact) mass is 420 g/mol. The smallest absolute Gasteiger partial charge is 0.239 e. The summed E-state index contributed by atoms with van der Waals surface area (Å²) in [5.41, 5.74) is 0.679. The minimum Gasteiger partial charge on any atom is -0.368 e. The number of nitrogens with zero attached hydrogens (tertiary/aromatic N) is 3. The summed E-state index contributed by atoms with van der Waals surface area (Å²) < 4.78 is 13.1. The van der Waals surface area contributed by atoms with Gasteiger partial charge in [-0.3, -0.25) is 14.6 Å². The van der Waals surface area contributed by atoms with Gasteiger partial charge in [-0.2, -0.15) is 0 Å². The number of carbonyl (C=O) groups excluding carboxylic acids is 2. The zero-order chi connectivity index (χ0) is 22.1. The van der Waals surface area contributed by atoms with Gasteiger partial charge in [0.2, 0.25) is 11.8 Å². The van der Waals surface area contributed by atoms with Crippen LogP contribution in [0.25, 0.3) is 0 Å². The third-order valence-corrected chi connectivity index (χ3v) is 4.61. The SMILES string of the molecule is CN=C(NCCC(=O)N1CCN(c2ccc(F)cc2)CC1)NCC(=O)NC(C)(C)C. The van der Waals surface area contributed by atoms with E-state index in [0.29, 0.717) is 32.0 Å². The molecular weight excluding hydrogens is 387 g/mol. The molecule has 0 spiro atoms. The number of piperazine rings is 1. The first-order valence-electron chi connectivity index (χ1n) is 10.2. The largest absolute Gasteiger partial charge is 0.368 e. The molecule has 0 atom stereocenters. The molecule has 166 valence electrons. The van der Waals surface area contributed by atoms with Crippen molar-refractivity contribution >= 4 is 23.5 Å². The van der Waals surface area contributed by atoms with Crippen molar-refractivity contribution in [3.05, 3.63) is 30.1 Å². The molecule has 1 heterocycles. The second-order valence-corrected chi connectivity index (χ2v) is 8.24. The van der Waals surface area contributed by atoms with Crippen LogP contribution in [0.1, 0.15) is 27.2 Å². The number of anilines is 1. The molecule has 0 bridgehead atoms. The van der Waals surface area contributed by atoms with Gasteiger partial charge in [-0.1, -0.05) is 0 Å². The van der Waals surface area contributed by atoms with E-state index in [2.05, 4.69) is 25.8 Å². The number of benzene rings is 1. The molecule has 1 saturated heterocycles. The second kappa shape index (κ2) is 10.8. The van der Waals surface area contributed by atoms with Crippen LogP contribution in [0.3, 0.4) is 0 Å². The average Bonchev–Trinajstić information content (AvgIpc) is 2.70. The zero-order valence-electron chi connectivity index (χ0n) is 18.3. The molecule has 0 saturated carbocycles. The number of amides is 2. The van der Waals surface area contributed by atoms with Crippen LogP contribution in [0.15, 0.2) is 29.3 Å². The molecule has 2 amide bonds. The van der Waals surface area contributed by atoms with Crippen LogP contribution in [0, 0.1) is 5.82 Å². The van der Waals surface area contributed by atoms with E-state index >= 15 is 0 Å². The lowest BCUT2D eigenvalue weighted by Crippen LogP contribution is -2.50. The van der Waals surface area contributed by atoms with Crippen molar-refractivity contribution in [2.24, 2.45) is 4.99 Å². The maximum atomic E-state index is 13.1. The number of carbonyl (C=O) groups is 2. The van der Waals surface area contributed by atoms with Crippen molar-refractivity contribution in [2.75, 3.05) is 51.2 Å². The molecular formula is C21H33FN6O2. The zero-order valence-corrected chi connectivity index (χ0v) is 18.3. The molecule has 0 unspecified atom stereocenters. The predicted molar refractivity (Wildman–Crippen MR) is 117 cm³/mol. The lowest BCUT2D eigenvalue weighted by Gasteiger charge is -2.36. The van der Waals surface area contributed by atoms with E-state index in [4.69, 9.17) is 0 Å². The third-order valence-electron chi connectivity index (χ3n) is 4.61. The fourth-order valence-corrected chi connectivity index (χ4v) is 3.16. The van der Waals surface area contributed by atoms with Crippen molar-refractivity contribution in [3.8, 4) is 0 Å². The van der Waals surface area contributed by atoms with Crippen LogP contribution in [0.5, 0.6) is 0 Å². The Morgan fingerprint density at radius 1 is 1.07 bits per heavy atom. The Morgan fingerprint density at radius 3 is 2.27 bits per heavy atom. The van der Waals surface area contributed by atoms with Gasteiger partial charge in [-0.05, 0) is 45.0 Å². The maximum absolute atomic E-state index is 13.1. The first kappa shape index (κ1) is 23.4. The van der Waals surface area contributed by atoms with Gasteiger partial charge in [0, 0.05) is 57.4 Å². The normalized spacial score (nSPS) is 15.0. The summed E-state index contributed by atoms with van der Waals surface area (Å²) in [6.45, 7) is 9.00. The van der Waals surface area contributed by atoms with E-state index in [1.165, 1.54) is 12.1 Å². The first-order chi connectivity index (χ1) is 14.2. The van der Waals surface area contributed by atoms with Crippen molar-refractivity contribution in [1.82, 2.24) is 20.9 Å². The number of aliphatic imine (C=N–C) groups is 1. The van der Waals surface area contributed by atoms with E-state index < -0.39 is 0 Å². The molecule has 30 heavy (non-hydrogen) atoms. The van der Waals surface area contributed by atoms with Crippen molar-refractivity contribution in [3.63, 3.8) is 0 Å². The summed E-state index contributed by atoms with van der Waals surface area (Å²) in [5, 5.41) is 8.87. The van der Waals surface area contributed by atoms with E-state index in [1.54, 1.807) is 19.2 Å². The van der Waals surface area contributed by atoms with Crippen LogP contribution in [-0.2, 0) is 9.59 Å². The maximum Gasteiger partial charge on any atom is 0.239 e. The van der Waals surface area contributed by atoms with E-state index in [9.17, 15) is 14.0 Å². The number of rotatable bonds is 6. The number of nitrogens with one attached hydrogen (secondary N) is 3. The number of hydrogen-bond acceptors (Lipinski definition) is 4. The van der Waals surface area contributed by atoms with Gasteiger partial charge in [0.25, 0.3) is 0 Å². The minimum absolute atomic E-state index is 0.0715. The van der Waals surface area contributed by atoms with E-state index in [1.807, 2.05) is 25.7 Å². The Balaban J connectivity index is 1.68. The van der Waals surface area contributed by atoms with Gasteiger partial charge in [0.1, 0.15) is 5.82 Å². The molecule has 8 nitrogen and oxygen atoms in total. The Bertz CT molecular complexity index is 737. The van der Waals surface area contributed by atoms with Gasteiger partial charge >= 0.3 is 0 Å². The fraction of sp³-hybridized carbons (Fsp3) is 0.571. The average molecular weight is 421 g/mol. The second-order valence-electron chi connectivity index (χ2n) is 8.24. The van der Waals surface area contributed by atoms with Gasteiger partial charge in [0.05, 0.1) is 6.54 Å². The molecule has 1 fully saturated rings. The van der Waals surface area contributed by atoms with Crippen LogP contribution >= 0.6 is 0 Å². The van der Waals surface area contributed by atoms with Crippen LogP contribution in [0.4, 0.5) is 10.1 Å². The molecule has 0 radical (unpaired) electrons. The molecule has 0 aliphatic carbocycles. The first-order valence-corrected chi connectivity index (χ1v) is 10.2. The third kappa shape index (κ3) is 7.88. The standard InChI is InChI=1S/C21H33FN6O2/c1-21(2,3)26-18(29)15-25-20(23-4)24-10-9-19(30)28-13-11-27(12-14-28)17-7-5-16(22)6-8-17/h5-8H,9-15H2,1-4H3,(H,26,29)(H2,23,24,25). The van der Waals surface area contributed by atoms with Crippen molar-refractivity contribution in [1.29, 1.82) is 0 Å². The van der Waals surface area contributed by atoms with E-state index in [0.717, 1.165) is 18.8 Å². The lowest BCUT2D eigenvalue weighted by molar-refractivity contribution is -0.131. The molecule has 1 aromatic rings. The molecule has 1 aromatic carbocycles. The van der Waals surface area contributed by atoms with E-state index in [-0.39, 0.29) is 29.7 Å². The topological polar surface area (TPSA) is 89.1 Å². The Labute approximate surface area is 177 Å². The molecule has 9 heteroatoms. The van der Waals surface area contributed by atoms with Gasteiger partial charge < -0.3 is 25.8 Å². The molecule has 1 aliphatic heterocycles. The highest BCUT2D eigenvalue weighted by Gasteiger charge is 2.21. The summed E-state index contributed by atoms with van der Waals surface area (Å²) in [6, 6.07) is 6.42. The highest BCUT2D eigenvalue weighted by atomic mass is 19.1. The summed E-state index contributed by atoms with van der Waals surface area (Å²) in [4.78, 5) is 32.4. The minimum atomic E-state index is -0.289. The van der Waals surface area contributed by atoms with Gasteiger partial charge in [0.15, 0.2) is 5.96 Å². The van der Waals surface area contributed by atoms with Gasteiger partial charge in [-0.15, -0.1) is 0 Å². The summed E-state index contributed by atoms with van der Waals surface area (Å²) in [6.07, 6.45) is 0.339. The Hall–Kier alpha value is -2.84. The fourth-order valence-electron chi connectivity index (χ4n) is 3.16.